The molecule has 1 N–H and O–H groups in total. The van der Waals surface area contributed by atoms with E-state index < -0.39 is 17.3 Å². The lowest BCUT2D eigenvalue weighted by atomic mass is 9.94. The molecule has 0 saturated carbocycles. The molecular formula is C14H18F3NO2. The van der Waals surface area contributed by atoms with Gasteiger partial charge in [0, 0.05) is 45.3 Å². The van der Waals surface area contributed by atoms with Crippen molar-refractivity contribution in [3.63, 3.8) is 0 Å². The lowest BCUT2D eigenvalue weighted by Gasteiger charge is -2.36. The topological polar surface area (TPSA) is 32.7 Å². The van der Waals surface area contributed by atoms with Crippen molar-refractivity contribution < 1.29 is 23.0 Å². The van der Waals surface area contributed by atoms with Crippen molar-refractivity contribution in [1.82, 2.24) is 0 Å². The first-order valence-corrected chi connectivity index (χ1v) is 6.49. The summed E-state index contributed by atoms with van der Waals surface area (Å²) in [7, 11) is 1.76. The van der Waals surface area contributed by atoms with E-state index >= 15 is 0 Å². The van der Waals surface area contributed by atoms with Crippen molar-refractivity contribution in [2.24, 2.45) is 0 Å². The number of alkyl halides is 3. The Kier molecular flexibility index (Phi) is 4.25. The van der Waals surface area contributed by atoms with Crippen molar-refractivity contribution in [2.75, 3.05) is 31.7 Å². The summed E-state index contributed by atoms with van der Waals surface area (Å²) in [4.78, 5) is 1.77. The molecule has 0 unspecified atom stereocenters. The van der Waals surface area contributed by atoms with Crippen LogP contribution in [-0.2, 0) is 10.9 Å². The molecule has 1 aliphatic rings. The Morgan fingerprint density at radius 3 is 2.25 bits per heavy atom. The second-order valence-corrected chi connectivity index (χ2v) is 5.24. The molecule has 1 aromatic rings. The number of ether oxygens (including phenoxy) is 1. The molecule has 1 aliphatic heterocycles. The first kappa shape index (κ1) is 15.1. The molecule has 1 saturated heterocycles. The molecule has 0 atom stereocenters. The molecule has 3 nitrogen and oxygen atoms in total. The van der Waals surface area contributed by atoms with E-state index in [9.17, 15) is 18.3 Å². The Bertz CT molecular complexity index is 439. The Morgan fingerprint density at radius 1 is 1.20 bits per heavy atom. The van der Waals surface area contributed by atoms with Crippen LogP contribution in [0.25, 0.3) is 0 Å². The molecule has 0 radical (unpaired) electrons. The highest BCUT2D eigenvalue weighted by molar-refractivity contribution is 5.47. The zero-order valence-electron chi connectivity index (χ0n) is 11.3. The summed E-state index contributed by atoms with van der Waals surface area (Å²) < 4.78 is 42.7. The lowest BCUT2D eigenvalue weighted by molar-refractivity contribution is -0.137. The minimum atomic E-state index is -4.32. The fourth-order valence-corrected chi connectivity index (χ4v) is 2.35. The standard InChI is InChI=1S/C14H18F3NO2/c1-18(10-13(19)6-8-20-9-7-13)12-4-2-11(3-5-12)14(15,16)17/h2-5,19H,6-10H2,1H3. The Morgan fingerprint density at radius 2 is 1.75 bits per heavy atom. The van der Waals surface area contributed by atoms with Crippen LogP contribution < -0.4 is 4.90 Å². The average Bonchev–Trinajstić information content (AvgIpc) is 2.38. The third kappa shape index (κ3) is 3.64. The average molecular weight is 289 g/mol. The van der Waals surface area contributed by atoms with Crippen LogP contribution in [-0.4, -0.2) is 37.5 Å². The number of halogens is 3. The monoisotopic (exact) mass is 289 g/mol. The number of anilines is 1. The van der Waals surface area contributed by atoms with Crippen LogP contribution >= 0.6 is 0 Å². The maximum absolute atomic E-state index is 12.5. The van der Waals surface area contributed by atoms with Gasteiger partial charge in [0.2, 0.25) is 0 Å². The largest absolute Gasteiger partial charge is 0.416 e. The van der Waals surface area contributed by atoms with Crippen LogP contribution in [0.3, 0.4) is 0 Å². The van der Waals surface area contributed by atoms with E-state index in [-0.39, 0.29) is 0 Å². The fourth-order valence-electron chi connectivity index (χ4n) is 2.35. The number of aliphatic hydroxyl groups is 1. The van der Waals surface area contributed by atoms with Gasteiger partial charge in [0.15, 0.2) is 0 Å². The van der Waals surface area contributed by atoms with E-state index in [4.69, 9.17) is 4.74 Å². The maximum atomic E-state index is 12.5. The second-order valence-electron chi connectivity index (χ2n) is 5.24. The smallest absolute Gasteiger partial charge is 0.388 e. The summed E-state index contributed by atoms with van der Waals surface area (Å²) in [6.07, 6.45) is -3.24. The molecular weight excluding hydrogens is 271 g/mol. The number of hydrogen-bond acceptors (Lipinski definition) is 3. The fraction of sp³-hybridized carbons (Fsp3) is 0.571. The highest BCUT2D eigenvalue weighted by atomic mass is 19.4. The SMILES string of the molecule is CN(CC1(O)CCOCC1)c1ccc(C(F)(F)F)cc1. The first-order valence-electron chi connectivity index (χ1n) is 6.49. The predicted octanol–water partition coefficient (Wildman–Crippen LogP) is 2.68. The van der Waals surface area contributed by atoms with Gasteiger partial charge in [-0.25, -0.2) is 0 Å². The molecule has 0 spiro atoms. The molecule has 0 aromatic heterocycles. The summed E-state index contributed by atoms with van der Waals surface area (Å²) in [6.45, 7) is 1.40. The van der Waals surface area contributed by atoms with E-state index in [1.807, 2.05) is 0 Å². The molecule has 0 bridgehead atoms. The molecule has 0 amide bonds. The molecule has 112 valence electrons. The van der Waals surface area contributed by atoms with E-state index in [0.717, 1.165) is 12.1 Å². The minimum absolute atomic E-state index is 0.377. The van der Waals surface area contributed by atoms with Crippen LogP contribution in [0.1, 0.15) is 18.4 Å². The van der Waals surface area contributed by atoms with Crippen molar-refractivity contribution in [3.8, 4) is 0 Å². The number of nitrogens with zero attached hydrogens (tertiary/aromatic N) is 1. The van der Waals surface area contributed by atoms with Gasteiger partial charge in [-0.2, -0.15) is 13.2 Å². The van der Waals surface area contributed by atoms with E-state index in [1.165, 1.54) is 12.1 Å². The molecule has 20 heavy (non-hydrogen) atoms. The van der Waals surface area contributed by atoms with Gasteiger partial charge in [0.05, 0.1) is 11.2 Å². The first-order chi connectivity index (χ1) is 9.30. The highest BCUT2D eigenvalue weighted by Crippen LogP contribution is 2.31. The predicted molar refractivity (Wildman–Crippen MR) is 69.7 cm³/mol. The molecule has 6 heteroatoms. The number of likely N-dealkylation sites (N-methyl/N-ethyl adjacent to an activating group) is 1. The van der Waals surface area contributed by atoms with E-state index in [2.05, 4.69) is 0 Å². The van der Waals surface area contributed by atoms with Gasteiger partial charge in [-0.1, -0.05) is 0 Å². The second kappa shape index (κ2) is 5.61. The summed E-state index contributed by atoms with van der Waals surface area (Å²) in [5, 5.41) is 10.4. The molecule has 1 aromatic carbocycles. The van der Waals surface area contributed by atoms with Crippen LogP contribution in [0, 0.1) is 0 Å². The maximum Gasteiger partial charge on any atom is 0.416 e. The number of hydrogen-bond donors (Lipinski definition) is 1. The molecule has 1 fully saturated rings. The zero-order chi connectivity index (χ0) is 14.8. The lowest BCUT2D eigenvalue weighted by Crippen LogP contribution is -2.45. The van der Waals surface area contributed by atoms with Crippen molar-refractivity contribution in [2.45, 2.75) is 24.6 Å². The van der Waals surface area contributed by atoms with Gasteiger partial charge in [0.25, 0.3) is 0 Å². The van der Waals surface area contributed by atoms with Gasteiger partial charge in [0.1, 0.15) is 0 Å². The number of rotatable bonds is 3. The van der Waals surface area contributed by atoms with Gasteiger partial charge < -0.3 is 14.7 Å². The van der Waals surface area contributed by atoms with Gasteiger partial charge in [-0.15, -0.1) is 0 Å². The third-order valence-corrected chi connectivity index (χ3v) is 3.59. The van der Waals surface area contributed by atoms with Crippen molar-refractivity contribution >= 4 is 5.69 Å². The number of benzene rings is 1. The summed E-state index contributed by atoms with van der Waals surface area (Å²) >= 11 is 0. The summed E-state index contributed by atoms with van der Waals surface area (Å²) in [6, 6.07) is 4.96. The summed E-state index contributed by atoms with van der Waals surface area (Å²) in [5.41, 5.74) is -0.854. The van der Waals surface area contributed by atoms with Crippen molar-refractivity contribution in [1.29, 1.82) is 0 Å². The highest BCUT2D eigenvalue weighted by Gasteiger charge is 2.32. The van der Waals surface area contributed by atoms with Crippen LogP contribution in [0.15, 0.2) is 24.3 Å². The third-order valence-electron chi connectivity index (χ3n) is 3.59. The van der Waals surface area contributed by atoms with Crippen LogP contribution in [0.4, 0.5) is 18.9 Å². The van der Waals surface area contributed by atoms with Gasteiger partial charge >= 0.3 is 6.18 Å². The minimum Gasteiger partial charge on any atom is -0.388 e. The Labute approximate surface area is 116 Å². The molecule has 0 aliphatic carbocycles. The van der Waals surface area contributed by atoms with Gasteiger partial charge in [-0.05, 0) is 24.3 Å². The van der Waals surface area contributed by atoms with E-state index in [0.29, 0.717) is 38.3 Å². The molecule has 2 rings (SSSR count). The Hall–Kier alpha value is -1.27. The quantitative estimate of drug-likeness (QED) is 0.928. The van der Waals surface area contributed by atoms with Crippen molar-refractivity contribution in [3.05, 3.63) is 29.8 Å². The normalized spacial score (nSPS) is 18.9. The molecule has 1 heterocycles. The summed E-state index contributed by atoms with van der Waals surface area (Å²) in [5.74, 6) is 0. The van der Waals surface area contributed by atoms with Crippen LogP contribution in [0.2, 0.25) is 0 Å². The van der Waals surface area contributed by atoms with E-state index in [1.54, 1.807) is 11.9 Å². The zero-order valence-corrected chi connectivity index (χ0v) is 11.3. The Balaban J connectivity index is 2.04. The van der Waals surface area contributed by atoms with Gasteiger partial charge in [-0.3, -0.25) is 0 Å². The van der Waals surface area contributed by atoms with Crippen LogP contribution in [0.5, 0.6) is 0 Å².